The molecule has 0 spiro atoms. The second kappa shape index (κ2) is 11.9. The van der Waals surface area contributed by atoms with Crippen LogP contribution in [-0.4, -0.2) is 65.6 Å². The van der Waals surface area contributed by atoms with E-state index in [4.69, 9.17) is 4.74 Å². The first-order valence-electron chi connectivity index (χ1n) is 11.8. The number of sulfonamides is 2. The molecular formula is C24H33N3O6S2. The Labute approximate surface area is 208 Å². The van der Waals surface area contributed by atoms with Crippen LogP contribution in [0.4, 0.5) is 5.69 Å². The molecule has 0 radical (unpaired) electrons. The molecule has 0 unspecified atom stereocenters. The summed E-state index contributed by atoms with van der Waals surface area (Å²) in [5.74, 6) is 0.211. The standard InChI is InChI=1S/C24H33N3O6S2/c1-3-27(34(29,30)4-2)21-10-8-20(9-11-21)24(28)25-16-19-33-22-12-14-23(15-13-22)35(31,32)26-17-6-5-7-18-26/h8-15H,3-7,16-19H2,1-2H3,(H,25,28). The van der Waals surface area contributed by atoms with Crippen LogP contribution in [-0.2, 0) is 20.0 Å². The zero-order chi connectivity index (χ0) is 25.5. The number of piperidine rings is 1. The van der Waals surface area contributed by atoms with Crippen molar-refractivity contribution in [2.75, 3.05) is 42.8 Å². The Balaban J connectivity index is 1.49. The fourth-order valence-corrected chi connectivity index (χ4v) is 6.54. The van der Waals surface area contributed by atoms with E-state index in [1.807, 2.05) is 0 Å². The third kappa shape index (κ3) is 6.74. The van der Waals surface area contributed by atoms with Crippen LogP contribution in [0.15, 0.2) is 53.4 Å². The fraction of sp³-hybridized carbons (Fsp3) is 0.458. The Bertz CT molecular complexity index is 1190. The van der Waals surface area contributed by atoms with Gasteiger partial charge in [0.25, 0.3) is 5.91 Å². The molecule has 2 aromatic carbocycles. The predicted molar refractivity (Wildman–Crippen MR) is 136 cm³/mol. The van der Waals surface area contributed by atoms with Gasteiger partial charge in [0.1, 0.15) is 12.4 Å². The highest BCUT2D eigenvalue weighted by molar-refractivity contribution is 7.92. The van der Waals surface area contributed by atoms with Crippen molar-refractivity contribution in [3.8, 4) is 5.75 Å². The number of carbonyl (C=O) groups is 1. The van der Waals surface area contributed by atoms with Gasteiger partial charge in [0.2, 0.25) is 20.0 Å². The molecule has 0 atom stereocenters. The molecule has 0 aromatic heterocycles. The lowest BCUT2D eigenvalue weighted by Crippen LogP contribution is -2.35. The highest BCUT2D eigenvalue weighted by Crippen LogP contribution is 2.23. The number of carbonyl (C=O) groups excluding carboxylic acids is 1. The van der Waals surface area contributed by atoms with Crippen molar-refractivity contribution in [3.63, 3.8) is 0 Å². The average Bonchev–Trinajstić information content (AvgIpc) is 2.88. The summed E-state index contributed by atoms with van der Waals surface area (Å²) < 4.78 is 58.3. The topological polar surface area (TPSA) is 113 Å². The summed E-state index contributed by atoms with van der Waals surface area (Å²) in [7, 11) is -6.86. The number of benzene rings is 2. The van der Waals surface area contributed by atoms with Crippen LogP contribution in [0, 0.1) is 0 Å². The maximum Gasteiger partial charge on any atom is 0.251 e. The van der Waals surface area contributed by atoms with Gasteiger partial charge in [0.15, 0.2) is 0 Å². The van der Waals surface area contributed by atoms with Gasteiger partial charge in [0.05, 0.1) is 22.9 Å². The summed E-state index contributed by atoms with van der Waals surface area (Å²) >= 11 is 0. The minimum Gasteiger partial charge on any atom is -0.492 e. The number of rotatable bonds is 11. The van der Waals surface area contributed by atoms with Crippen LogP contribution < -0.4 is 14.4 Å². The molecule has 1 heterocycles. The van der Waals surface area contributed by atoms with E-state index in [0.29, 0.717) is 36.6 Å². The lowest BCUT2D eigenvalue weighted by Gasteiger charge is -2.25. The summed E-state index contributed by atoms with van der Waals surface area (Å²) in [6.45, 7) is 5.22. The van der Waals surface area contributed by atoms with Crippen molar-refractivity contribution in [3.05, 3.63) is 54.1 Å². The zero-order valence-corrected chi connectivity index (χ0v) is 21.8. The van der Waals surface area contributed by atoms with E-state index in [0.717, 1.165) is 19.3 Å². The highest BCUT2D eigenvalue weighted by Gasteiger charge is 2.25. The molecule has 192 valence electrons. The first-order chi connectivity index (χ1) is 16.7. The summed E-state index contributed by atoms with van der Waals surface area (Å²) in [6, 6.07) is 12.7. The van der Waals surface area contributed by atoms with E-state index in [-0.39, 0.29) is 29.7 Å². The normalized spacial score (nSPS) is 14.9. The van der Waals surface area contributed by atoms with Gasteiger partial charge in [0, 0.05) is 25.2 Å². The Morgan fingerprint density at radius 1 is 0.943 bits per heavy atom. The SMILES string of the molecule is CCN(c1ccc(C(=O)NCCOc2ccc(S(=O)(=O)N3CCCCC3)cc2)cc1)S(=O)(=O)CC. The van der Waals surface area contributed by atoms with Crippen molar-refractivity contribution >= 4 is 31.6 Å². The van der Waals surface area contributed by atoms with Gasteiger partial charge in [-0.15, -0.1) is 0 Å². The molecular weight excluding hydrogens is 490 g/mol. The summed E-state index contributed by atoms with van der Waals surface area (Å²) in [5, 5.41) is 2.75. The van der Waals surface area contributed by atoms with Crippen LogP contribution >= 0.6 is 0 Å². The zero-order valence-electron chi connectivity index (χ0n) is 20.1. The molecule has 11 heteroatoms. The smallest absolute Gasteiger partial charge is 0.251 e. The predicted octanol–water partition coefficient (Wildman–Crippen LogP) is 2.85. The van der Waals surface area contributed by atoms with Gasteiger partial charge in [-0.1, -0.05) is 6.42 Å². The van der Waals surface area contributed by atoms with Crippen LogP contribution in [0.25, 0.3) is 0 Å². The fourth-order valence-electron chi connectivity index (χ4n) is 3.87. The van der Waals surface area contributed by atoms with Crippen LogP contribution in [0.1, 0.15) is 43.5 Å². The molecule has 1 N–H and O–H groups in total. The van der Waals surface area contributed by atoms with Gasteiger partial charge >= 0.3 is 0 Å². The van der Waals surface area contributed by atoms with Crippen molar-refractivity contribution < 1.29 is 26.4 Å². The lowest BCUT2D eigenvalue weighted by atomic mass is 10.2. The van der Waals surface area contributed by atoms with Gasteiger partial charge < -0.3 is 10.1 Å². The highest BCUT2D eigenvalue weighted by atomic mass is 32.2. The molecule has 9 nitrogen and oxygen atoms in total. The molecule has 0 saturated carbocycles. The molecule has 0 aliphatic carbocycles. The third-order valence-electron chi connectivity index (χ3n) is 5.84. The third-order valence-corrected chi connectivity index (χ3v) is 9.62. The number of nitrogens with one attached hydrogen (secondary N) is 1. The summed E-state index contributed by atoms with van der Waals surface area (Å²) in [5.41, 5.74) is 0.922. The molecule has 3 rings (SSSR count). The Kier molecular flexibility index (Phi) is 9.15. The average molecular weight is 524 g/mol. The van der Waals surface area contributed by atoms with Crippen LogP contribution in [0.3, 0.4) is 0 Å². The minimum atomic E-state index is -3.48. The van der Waals surface area contributed by atoms with E-state index in [2.05, 4.69) is 5.32 Å². The molecule has 1 aliphatic rings. The Morgan fingerprint density at radius 3 is 2.14 bits per heavy atom. The van der Waals surface area contributed by atoms with Gasteiger partial charge in [-0.05, 0) is 75.2 Å². The number of anilines is 1. The van der Waals surface area contributed by atoms with Crippen molar-refractivity contribution in [2.45, 2.75) is 38.0 Å². The molecule has 1 fully saturated rings. The van der Waals surface area contributed by atoms with Crippen LogP contribution in [0.5, 0.6) is 5.75 Å². The molecule has 1 amide bonds. The van der Waals surface area contributed by atoms with E-state index < -0.39 is 20.0 Å². The van der Waals surface area contributed by atoms with E-state index in [1.165, 1.54) is 20.7 Å². The van der Waals surface area contributed by atoms with Crippen molar-refractivity contribution in [1.82, 2.24) is 9.62 Å². The monoisotopic (exact) mass is 523 g/mol. The van der Waals surface area contributed by atoms with Gasteiger partial charge in [-0.25, -0.2) is 16.8 Å². The molecule has 35 heavy (non-hydrogen) atoms. The number of hydrogen-bond acceptors (Lipinski definition) is 6. The summed E-state index contributed by atoms with van der Waals surface area (Å²) in [6.07, 6.45) is 2.82. The molecule has 2 aromatic rings. The first kappa shape index (κ1) is 27.0. The summed E-state index contributed by atoms with van der Waals surface area (Å²) in [4.78, 5) is 12.6. The maximum atomic E-state index is 12.7. The molecule has 1 aliphatic heterocycles. The lowest BCUT2D eigenvalue weighted by molar-refractivity contribution is 0.0947. The second-order valence-electron chi connectivity index (χ2n) is 8.15. The van der Waals surface area contributed by atoms with Crippen molar-refractivity contribution in [2.24, 2.45) is 0 Å². The largest absolute Gasteiger partial charge is 0.492 e. The Morgan fingerprint density at radius 2 is 1.57 bits per heavy atom. The number of ether oxygens (including phenoxy) is 1. The minimum absolute atomic E-state index is 0.0000607. The molecule has 0 bridgehead atoms. The number of nitrogens with zero attached hydrogens (tertiary/aromatic N) is 2. The second-order valence-corrected chi connectivity index (χ2v) is 12.3. The van der Waals surface area contributed by atoms with Crippen molar-refractivity contribution in [1.29, 1.82) is 0 Å². The molecule has 1 saturated heterocycles. The first-order valence-corrected chi connectivity index (χ1v) is 14.9. The number of amides is 1. The van der Waals surface area contributed by atoms with E-state index >= 15 is 0 Å². The van der Waals surface area contributed by atoms with Gasteiger partial charge in [-0.3, -0.25) is 9.10 Å². The van der Waals surface area contributed by atoms with Gasteiger partial charge in [-0.2, -0.15) is 4.31 Å². The maximum absolute atomic E-state index is 12.7. The van der Waals surface area contributed by atoms with Crippen LogP contribution in [0.2, 0.25) is 0 Å². The van der Waals surface area contributed by atoms with E-state index in [1.54, 1.807) is 50.2 Å². The Hall–Kier alpha value is -2.63. The number of hydrogen-bond donors (Lipinski definition) is 1. The quantitative estimate of drug-likeness (QED) is 0.453. The van der Waals surface area contributed by atoms with E-state index in [9.17, 15) is 21.6 Å².